The molecule has 0 N–H and O–H groups in total. The van der Waals surface area contributed by atoms with E-state index in [1.165, 1.54) is 6.26 Å². The van der Waals surface area contributed by atoms with Crippen molar-refractivity contribution in [3.8, 4) is 0 Å². The van der Waals surface area contributed by atoms with Crippen molar-refractivity contribution in [1.29, 1.82) is 0 Å². The molecule has 3 rings (SSSR count). The van der Waals surface area contributed by atoms with E-state index in [9.17, 15) is 4.79 Å². The van der Waals surface area contributed by atoms with Crippen LogP contribution in [0.15, 0.2) is 39.7 Å². The lowest BCUT2D eigenvalue weighted by molar-refractivity contribution is -0.151. The van der Waals surface area contributed by atoms with Crippen LogP contribution in [0.1, 0.15) is 12.5 Å². The predicted octanol–water partition coefficient (Wildman–Crippen LogP) is 2.01. The van der Waals surface area contributed by atoms with Gasteiger partial charge in [0.25, 0.3) is 0 Å². The fourth-order valence-electron chi connectivity index (χ4n) is 2.06. The molecule has 1 saturated heterocycles. The molecule has 0 spiro atoms. The van der Waals surface area contributed by atoms with Gasteiger partial charge in [0.05, 0.1) is 24.2 Å². The van der Waals surface area contributed by atoms with Gasteiger partial charge in [-0.15, -0.1) is 0 Å². The Morgan fingerprint density at radius 2 is 1.88 bits per heavy atom. The first kappa shape index (κ1) is 10.5. The standard InChI is InChI=1S/C13H12O4/c1-13(16-6-7-17-13)10-8-15-11-5-3-2-4-9(11)12(10)14/h2-5,8H,6-7H2,1H3. The van der Waals surface area contributed by atoms with Crippen molar-refractivity contribution in [2.24, 2.45) is 0 Å². The maximum absolute atomic E-state index is 12.3. The zero-order valence-electron chi connectivity index (χ0n) is 9.43. The average molecular weight is 232 g/mol. The molecule has 4 nitrogen and oxygen atoms in total. The summed E-state index contributed by atoms with van der Waals surface area (Å²) in [7, 11) is 0. The molecule has 0 saturated carbocycles. The van der Waals surface area contributed by atoms with E-state index in [1.807, 2.05) is 12.1 Å². The lowest BCUT2D eigenvalue weighted by Crippen LogP contribution is -2.29. The maximum Gasteiger partial charge on any atom is 0.201 e. The van der Waals surface area contributed by atoms with Gasteiger partial charge in [-0.3, -0.25) is 4.79 Å². The van der Waals surface area contributed by atoms with E-state index >= 15 is 0 Å². The number of rotatable bonds is 1. The minimum absolute atomic E-state index is 0.101. The van der Waals surface area contributed by atoms with E-state index in [1.54, 1.807) is 19.1 Å². The second-order valence-electron chi connectivity index (χ2n) is 4.12. The average Bonchev–Trinajstić information content (AvgIpc) is 2.78. The van der Waals surface area contributed by atoms with Gasteiger partial charge in [-0.05, 0) is 19.1 Å². The number of benzene rings is 1. The van der Waals surface area contributed by atoms with Crippen LogP contribution in [-0.2, 0) is 15.3 Å². The van der Waals surface area contributed by atoms with Crippen molar-refractivity contribution in [2.75, 3.05) is 13.2 Å². The van der Waals surface area contributed by atoms with Crippen LogP contribution in [0.2, 0.25) is 0 Å². The highest BCUT2D eigenvalue weighted by molar-refractivity contribution is 5.76. The van der Waals surface area contributed by atoms with Gasteiger partial charge in [0.2, 0.25) is 5.43 Å². The van der Waals surface area contributed by atoms with Crippen LogP contribution < -0.4 is 5.43 Å². The Morgan fingerprint density at radius 3 is 2.65 bits per heavy atom. The Kier molecular flexibility index (Phi) is 2.28. The summed E-state index contributed by atoms with van der Waals surface area (Å²) in [6, 6.07) is 7.14. The Balaban J connectivity index is 2.25. The van der Waals surface area contributed by atoms with E-state index in [0.717, 1.165) is 0 Å². The zero-order chi connectivity index (χ0) is 11.9. The molecule has 1 aliphatic rings. The van der Waals surface area contributed by atoms with Crippen molar-refractivity contribution in [3.05, 3.63) is 46.3 Å². The number of ether oxygens (including phenoxy) is 2. The molecule has 1 fully saturated rings. The highest BCUT2D eigenvalue weighted by atomic mass is 16.7. The number of hydrogen-bond acceptors (Lipinski definition) is 4. The molecule has 88 valence electrons. The van der Waals surface area contributed by atoms with Gasteiger partial charge >= 0.3 is 0 Å². The molecule has 1 aromatic carbocycles. The first-order chi connectivity index (χ1) is 8.21. The van der Waals surface area contributed by atoms with Crippen LogP contribution in [-0.4, -0.2) is 13.2 Å². The summed E-state index contributed by atoms with van der Waals surface area (Å²) in [5.41, 5.74) is 0.882. The number of para-hydroxylation sites is 1. The molecule has 0 unspecified atom stereocenters. The fourth-order valence-corrected chi connectivity index (χ4v) is 2.06. The largest absolute Gasteiger partial charge is 0.464 e. The van der Waals surface area contributed by atoms with Crippen molar-refractivity contribution in [2.45, 2.75) is 12.7 Å². The van der Waals surface area contributed by atoms with Crippen molar-refractivity contribution >= 4 is 11.0 Å². The van der Waals surface area contributed by atoms with Gasteiger partial charge in [0.1, 0.15) is 11.8 Å². The topological polar surface area (TPSA) is 48.7 Å². The number of fused-ring (bicyclic) bond motifs is 1. The van der Waals surface area contributed by atoms with E-state index in [2.05, 4.69) is 0 Å². The lowest BCUT2D eigenvalue weighted by atomic mass is 10.1. The molecule has 0 aliphatic carbocycles. The van der Waals surface area contributed by atoms with Gasteiger partial charge < -0.3 is 13.9 Å². The molecule has 2 heterocycles. The summed E-state index contributed by atoms with van der Waals surface area (Å²) in [6.45, 7) is 2.71. The summed E-state index contributed by atoms with van der Waals surface area (Å²) in [6.07, 6.45) is 1.43. The Morgan fingerprint density at radius 1 is 1.18 bits per heavy atom. The first-order valence-corrected chi connectivity index (χ1v) is 5.50. The quantitative estimate of drug-likeness (QED) is 0.754. The molecule has 0 radical (unpaired) electrons. The summed E-state index contributed by atoms with van der Waals surface area (Å²) >= 11 is 0. The Bertz CT molecular complexity index is 608. The van der Waals surface area contributed by atoms with Crippen molar-refractivity contribution in [3.63, 3.8) is 0 Å². The molecule has 1 aromatic heterocycles. The lowest BCUT2D eigenvalue weighted by Gasteiger charge is -2.21. The van der Waals surface area contributed by atoms with E-state index in [0.29, 0.717) is 29.7 Å². The normalized spacial score (nSPS) is 18.6. The van der Waals surface area contributed by atoms with E-state index in [-0.39, 0.29) is 5.43 Å². The second-order valence-corrected chi connectivity index (χ2v) is 4.12. The summed E-state index contributed by atoms with van der Waals surface area (Å²) in [5.74, 6) is -0.982. The zero-order valence-corrected chi connectivity index (χ0v) is 9.43. The molecule has 17 heavy (non-hydrogen) atoms. The van der Waals surface area contributed by atoms with Crippen LogP contribution in [0.4, 0.5) is 0 Å². The minimum atomic E-state index is -0.982. The first-order valence-electron chi connectivity index (χ1n) is 5.50. The fraction of sp³-hybridized carbons (Fsp3) is 0.308. The number of hydrogen-bond donors (Lipinski definition) is 0. The molecule has 4 heteroatoms. The maximum atomic E-state index is 12.3. The summed E-state index contributed by atoms with van der Waals surface area (Å²) in [4.78, 5) is 12.3. The monoisotopic (exact) mass is 232 g/mol. The second kappa shape index (κ2) is 3.68. The molecule has 1 aliphatic heterocycles. The molecule has 2 aromatic rings. The Labute approximate surface area is 97.8 Å². The van der Waals surface area contributed by atoms with E-state index in [4.69, 9.17) is 13.9 Å². The third-order valence-electron chi connectivity index (χ3n) is 3.01. The van der Waals surface area contributed by atoms with Gasteiger partial charge in [-0.2, -0.15) is 0 Å². The smallest absolute Gasteiger partial charge is 0.201 e. The molecular formula is C13H12O4. The molecule has 0 amide bonds. The SMILES string of the molecule is CC1(c2coc3ccccc3c2=O)OCCO1. The highest BCUT2D eigenvalue weighted by Gasteiger charge is 2.36. The summed E-state index contributed by atoms with van der Waals surface area (Å²) < 4.78 is 16.4. The van der Waals surface area contributed by atoms with Crippen LogP contribution in [0.5, 0.6) is 0 Å². The van der Waals surface area contributed by atoms with Crippen molar-refractivity contribution < 1.29 is 13.9 Å². The minimum Gasteiger partial charge on any atom is -0.464 e. The summed E-state index contributed by atoms with van der Waals surface area (Å²) in [5, 5.41) is 0.547. The predicted molar refractivity (Wildman–Crippen MR) is 61.7 cm³/mol. The highest BCUT2D eigenvalue weighted by Crippen LogP contribution is 2.29. The van der Waals surface area contributed by atoms with Gasteiger partial charge in [-0.25, -0.2) is 0 Å². The molecule has 0 atom stereocenters. The van der Waals surface area contributed by atoms with Gasteiger partial charge in [0, 0.05) is 0 Å². The van der Waals surface area contributed by atoms with Crippen LogP contribution in [0, 0.1) is 0 Å². The molecular weight excluding hydrogens is 220 g/mol. The Hall–Kier alpha value is -1.65. The van der Waals surface area contributed by atoms with Gasteiger partial charge in [0.15, 0.2) is 5.79 Å². The van der Waals surface area contributed by atoms with Crippen LogP contribution in [0.25, 0.3) is 11.0 Å². The van der Waals surface area contributed by atoms with Gasteiger partial charge in [-0.1, -0.05) is 12.1 Å². The third kappa shape index (κ3) is 1.57. The van der Waals surface area contributed by atoms with E-state index < -0.39 is 5.79 Å². The third-order valence-corrected chi connectivity index (χ3v) is 3.01. The van der Waals surface area contributed by atoms with Crippen LogP contribution >= 0.6 is 0 Å². The van der Waals surface area contributed by atoms with Crippen molar-refractivity contribution in [1.82, 2.24) is 0 Å². The van der Waals surface area contributed by atoms with Crippen LogP contribution in [0.3, 0.4) is 0 Å². The molecule has 0 bridgehead atoms.